The maximum Gasteiger partial charge on any atom is 0.0590 e. The van der Waals surface area contributed by atoms with Gasteiger partial charge in [0, 0.05) is 30.1 Å². The van der Waals surface area contributed by atoms with Crippen molar-refractivity contribution in [1.82, 2.24) is 4.90 Å². The Bertz CT molecular complexity index is 368. The topological polar surface area (TPSA) is 38.5 Å². The van der Waals surface area contributed by atoms with Gasteiger partial charge in [0.15, 0.2) is 0 Å². The Labute approximate surface area is 120 Å². The van der Waals surface area contributed by atoms with E-state index in [1.54, 1.807) is 0 Å². The molecular formula is C15H26N2OS. The lowest BCUT2D eigenvalue weighted by Crippen LogP contribution is -2.58. The van der Waals surface area contributed by atoms with Crippen LogP contribution in [0.5, 0.6) is 0 Å². The van der Waals surface area contributed by atoms with Crippen LogP contribution in [0.1, 0.15) is 38.0 Å². The summed E-state index contributed by atoms with van der Waals surface area (Å²) in [6.07, 6.45) is 3.58. The van der Waals surface area contributed by atoms with Crippen LogP contribution in [-0.4, -0.2) is 36.2 Å². The van der Waals surface area contributed by atoms with Gasteiger partial charge in [0.1, 0.15) is 0 Å². The molecule has 0 radical (unpaired) electrons. The maximum absolute atomic E-state index is 6.17. The molecule has 1 aliphatic heterocycles. The van der Waals surface area contributed by atoms with Crippen LogP contribution in [0.15, 0.2) is 17.5 Å². The predicted molar refractivity (Wildman–Crippen MR) is 81.5 cm³/mol. The fourth-order valence-electron chi connectivity index (χ4n) is 3.07. The average molecular weight is 282 g/mol. The monoisotopic (exact) mass is 282 g/mol. The molecule has 1 aromatic heterocycles. The molecule has 1 fully saturated rings. The zero-order chi connectivity index (χ0) is 13.7. The maximum atomic E-state index is 6.17. The third-order valence-electron chi connectivity index (χ3n) is 4.34. The lowest BCUT2D eigenvalue weighted by molar-refractivity contribution is -0.0732. The van der Waals surface area contributed by atoms with Crippen molar-refractivity contribution in [3.8, 4) is 0 Å². The van der Waals surface area contributed by atoms with Crippen molar-refractivity contribution in [2.75, 3.05) is 19.7 Å². The molecular weight excluding hydrogens is 256 g/mol. The first-order valence-corrected chi connectivity index (χ1v) is 8.21. The minimum Gasteiger partial charge on any atom is -0.378 e. The van der Waals surface area contributed by atoms with Gasteiger partial charge in [-0.1, -0.05) is 19.9 Å². The van der Waals surface area contributed by atoms with E-state index >= 15 is 0 Å². The molecule has 0 bridgehead atoms. The first-order valence-electron chi connectivity index (χ1n) is 7.33. The van der Waals surface area contributed by atoms with Crippen molar-refractivity contribution in [3.05, 3.63) is 22.4 Å². The number of rotatable bonds is 6. The Morgan fingerprint density at radius 2 is 2.37 bits per heavy atom. The van der Waals surface area contributed by atoms with Gasteiger partial charge in [0.2, 0.25) is 0 Å². The van der Waals surface area contributed by atoms with Crippen LogP contribution in [0, 0.1) is 0 Å². The van der Waals surface area contributed by atoms with Crippen LogP contribution in [0.2, 0.25) is 0 Å². The summed E-state index contributed by atoms with van der Waals surface area (Å²) in [5.74, 6) is 0. The Morgan fingerprint density at radius 3 is 2.95 bits per heavy atom. The summed E-state index contributed by atoms with van der Waals surface area (Å²) in [4.78, 5) is 3.98. The second-order valence-electron chi connectivity index (χ2n) is 5.38. The Hall–Kier alpha value is -0.420. The van der Waals surface area contributed by atoms with Gasteiger partial charge in [-0.2, -0.15) is 0 Å². The van der Waals surface area contributed by atoms with Crippen LogP contribution in [0.3, 0.4) is 0 Å². The third kappa shape index (κ3) is 3.37. The molecule has 2 atom stereocenters. The summed E-state index contributed by atoms with van der Waals surface area (Å²) in [6.45, 7) is 8.07. The molecule has 0 aliphatic carbocycles. The molecule has 0 amide bonds. The minimum atomic E-state index is 0.123. The van der Waals surface area contributed by atoms with E-state index in [0.717, 1.165) is 45.5 Å². The van der Waals surface area contributed by atoms with Gasteiger partial charge >= 0.3 is 0 Å². The third-order valence-corrected chi connectivity index (χ3v) is 5.20. The molecule has 2 rings (SSSR count). The molecule has 4 heteroatoms. The number of thiophene rings is 1. The van der Waals surface area contributed by atoms with Gasteiger partial charge in [-0.25, -0.2) is 0 Å². The van der Waals surface area contributed by atoms with Crippen molar-refractivity contribution in [3.63, 3.8) is 0 Å². The van der Waals surface area contributed by atoms with E-state index in [1.807, 2.05) is 11.3 Å². The summed E-state index contributed by atoms with van der Waals surface area (Å²) in [6, 6.07) is 4.34. The van der Waals surface area contributed by atoms with E-state index < -0.39 is 0 Å². The van der Waals surface area contributed by atoms with E-state index in [1.165, 1.54) is 4.88 Å². The number of hydrogen-bond acceptors (Lipinski definition) is 4. The highest BCUT2D eigenvalue weighted by atomic mass is 32.1. The highest BCUT2D eigenvalue weighted by molar-refractivity contribution is 7.09. The SMILES string of the molecule is CCC1CC(CN)(N(CC)Cc2cccs2)CCO1. The van der Waals surface area contributed by atoms with Gasteiger partial charge in [-0.3, -0.25) is 4.90 Å². The largest absolute Gasteiger partial charge is 0.378 e. The van der Waals surface area contributed by atoms with Crippen molar-refractivity contribution in [2.24, 2.45) is 5.73 Å². The van der Waals surface area contributed by atoms with E-state index in [0.29, 0.717) is 6.10 Å². The molecule has 1 aliphatic rings. The zero-order valence-electron chi connectivity index (χ0n) is 12.1. The quantitative estimate of drug-likeness (QED) is 0.872. The molecule has 1 aromatic rings. The fraction of sp³-hybridized carbons (Fsp3) is 0.733. The van der Waals surface area contributed by atoms with Crippen LogP contribution < -0.4 is 5.73 Å². The normalized spacial score (nSPS) is 27.9. The molecule has 108 valence electrons. The molecule has 19 heavy (non-hydrogen) atoms. The molecule has 0 saturated carbocycles. The number of nitrogens with two attached hydrogens (primary N) is 1. The molecule has 2 heterocycles. The average Bonchev–Trinajstić information content (AvgIpc) is 2.97. The first-order chi connectivity index (χ1) is 9.24. The standard InChI is InChI=1S/C15H26N2OS/c1-3-13-10-15(12-16,7-8-18-13)17(4-2)11-14-6-5-9-19-14/h5-6,9,13H,3-4,7-8,10-12,16H2,1-2H3. The van der Waals surface area contributed by atoms with Gasteiger partial charge < -0.3 is 10.5 Å². The van der Waals surface area contributed by atoms with Crippen LogP contribution in [0.4, 0.5) is 0 Å². The van der Waals surface area contributed by atoms with Gasteiger partial charge in [0.25, 0.3) is 0 Å². The highest BCUT2D eigenvalue weighted by Crippen LogP contribution is 2.33. The number of nitrogens with zero attached hydrogens (tertiary/aromatic N) is 1. The summed E-state index contributed by atoms with van der Waals surface area (Å²) in [5, 5.41) is 2.15. The molecule has 2 unspecified atom stereocenters. The summed E-state index contributed by atoms with van der Waals surface area (Å²) >= 11 is 1.83. The Balaban J connectivity index is 2.12. The van der Waals surface area contributed by atoms with Crippen LogP contribution in [0.25, 0.3) is 0 Å². The Kier molecular flexibility index (Phi) is 5.39. The van der Waals surface area contributed by atoms with Gasteiger partial charge in [0.05, 0.1) is 6.10 Å². The highest BCUT2D eigenvalue weighted by Gasteiger charge is 2.39. The molecule has 0 aromatic carbocycles. The predicted octanol–water partition coefficient (Wildman–Crippen LogP) is 2.86. The van der Waals surface area contributed by atoms with Crippen molar-refractivity contribution in [2.45, 2.75) is 51.3 Å². The lowest BCUT2D eigenvalue weighted by Gasteiger charge is -2.47. The molecule has 2 N–H and O–H groups in total. The second kappa shape index (κ2) is 6.84. The molecule has 0 spiro atoms. The molecule has 3 nitrogen and oxygen atoms in total. The minimum absolute atomic E-state index is 0.123. The number of ether oxygens (including phenoxy) is 1. The summed E-state index contributed by atoms with van der Waals surface area (Å²) in [7, 11) is 0. The lowest BCUT2D eigenvalue weighted by atomic mass is 9.84. The Morgan fingerprint density at radius 1 is 1.53 bits per heavy atom. The van der Waals surface area contributed by atoms with E-state index in [-0.39, 0.29) is 5.54 Å². The van der Waals surface area contributed by atoms with E-state index in [2.05, 4.69) is 36.3 Å². The van der Waals surface area contributed by atoms with Gasteiger partial charge in [-0.05, 0) is 37.3 Å². The van der Waals surface area contributed by atoms with E-state index in [9.17, 15) is 0 Å². The van der Waals surface area contributed by atoms with Crippen molar-refractivity contribution in [1.29, 1.82) is 0 Å². The fourth-order valence-corrected chi connectivity index (χ4v) is 3.79. The van der Waals surface area contributed by atoms with Crippen molar-refractivity contribution < 1.29 is 4.74 Å². The van der Waals surface area contributed by atoms with E-state index in [4.69, 9.17) is 10.5 Å². The number of hydrogen-bond donors (Lipinski definition) is 1. The van der Waals surface area contributed by atoms with Crippen LogP contribution >= 0.6 is 11.3 Å². The van der Waals surface area contributed by atoms with Gasteiger partial charge in [-0.15, -0.1) is 11.3 Å². The zero-order valence-corrected chi connectivity index (χ0v) is 12.9. The first kappa shape index (κ1) is 15.0. The summed E-state index contributed by atoms with van der Waals surface area (Å²) in [5.41, 5.74) is 6.29. The molecule has 1 saturated heterocycles. The summed E-state index contributed by atoms with van der Waals surface area (Å²) < 4.78 is 5.83. The van der Waals surface area contributed by atoms with Crippen molar-refractivity contribution >= 4 is 11.3 Å². The number of likely N-dealkylation sites (N-methyl/N-ethyl adjacent to an activating group) is 1. The second-order valence-corrected chi connectivity index (χ2v) is 6.41. The smallest absolute Gasteiger partial charge is 0.0590 e. The van der Waals surface area contributed by atoms with Crippen LogP contribution in [-0.2, 0) is 11.3 Å².